The molecule has 290 valence electrons. The van der Waals surface area contributed by atoms with Crippen LogP contribution in [0.4, 0.5) is 14.5 Å². The van der Waals surface area contributed by atoms with Crippen molar-refractivity contribution in [1.29, 1.82) is 0 Å². The predicted octanol–water partition coefficient (Wildman–Crippen LogP) is 12.4. The molecule has 5 rings (SSSR count). The maximum absolute atomic E-state index is 13.7. The number of Topliss-reactive ketones (excluding diaryl/α,β-unsaturated/α-hetero) is 2. The van der Waals surface area contributed by atoms with E-state index in [-0.39, 0.29) is 17.1 Å². The van der Waals surface area contributed by atoms with E-state index in [2.05, 4.69) is 37.6 Å². The quantitative estimate of drug-likeness (QED) is 0.144. The monoisotopic (exact) mass is 740 g/mol. The molecule has 1 heterocycles. The van der Waals surface area contributed by atoms with Gasteiger partial charge < -0.3 is 15.4 Å². The first kappa shape index (κ1) is 47.0. The second-order valence-corrected chi connectivity index (χ2v) is 14.2. The van der Waals surface area contributed by atoms with Crippen LogP contribution in [0, 0.1) is 5.92 Å². The fourth-order valence-corrected chi connectivity index (χ4v) is 7.39. The molecule has 0 amide bonds. The van der Waals surface area contributed by atoms with Gasteiger partial charge >= 0.3 is 0 Å². The molecule has 0 radical (unpaired) electrons. The van der Waals surface area contributed by atoms with Crippen LogP contribution in [0.1, 0.15) is 139 Å². The Morgan fingerprint density at radius 2 is 1.69 bits per heavy atom. The maximum Gasteiger partial charge on any atom is 0.271 e. The van der Waals surface area contributed by atoms with Crippen molar-refractivity contribution >= 4 is 29.0 Å². The van der Waals surface area contributed by atoms with Crippen LogP contribution in [0.25, 0.3) is 0 Å². The Morgan fingerprint density at radius 3 is 2.13 bits per heavy atom. The number of aryl methyl sites for hydroxylation is 2. The molecule has 3 aliphatic rings. The number of anilines is 1. The number of rotatable bonds is 10. The van der Waals surface area contributed by atoms with E-state index in [1.807, 2.05) is 64.1 Å². The summed E-state index contributed by atoms with van der Waals surface area (Å²) in [7, 11) is 0. The molecule has 2 fully saturated rings. The van der Waals surface area contributed by atoms with Gasteiger partial charge in [0.05, 0.1) is 13.2 Å². The van der Waals surface area contributed by atoms with Crippen LogP contribution in [0.15, 0.2) is 76.7 Å². The zero-order valence-electron chi connectivity index (χ0n) is 33.3. The van der Waals surface area contributed by atoms with E-state index in [0.29, 0.717) is 23.3 Å². The molecule has 1 saturated carbocycles. The van der Waals surface area contributed by atoms with Gasteiger partial charge in [0.2, 0.25) is 0 Å². The SMILES string of the molecule is C1COCCN1.C=C(C)Nc1ccc(C(C)=O)cc1CC.C=C/C(=C(\CC)Sc1cccc2c1C(=O)CC2)C(C)(F)F.CC.CCC1CCCCC1. The maximum atomic E-state index is 13.7. The molecule has 1 saturated heterocycles. The molecule has 2 aliphatic carbocycles. The third kappa shape index (κ3) is 16.7. The van der Waals surface area contributed by atoms with E-state index in [1.165, 1.54) is 56.4 Å². The average Bonchev–Trinajstić information content (AvgIpc) is 3.54. The normalized spacial score (nSPS) is 15.7. The summed E-state index contributed by atoms with van der Waals surface area (Å²) in [6, 6.07) is 11.4. The van der Waals surface area contributed by atoms with E-state index in [4.69, 9.17) is 4.74 Å². The number of morpholine rings is 1. The van der Waals surface area contributed by atoms with Crippen LogP contribution >= 0.6 is 11.8 Å². The summed E-state index contributed by atoms with van der Waals surface area (Å²) in [5.74, 6) is -1.63. The van der Waals surface area contributed by atoms with Crippen molar-refractivity contribution in [2.75, 3.05) is 31.6 Å². The topological polar surface area (TPSA) is 67.4 Å². The Kier molecular flexibility index (Phi) is 23.3. The summed E-state index contributed by atoms with van der Waals surface area (Å²) in [5, 5.41) is 6.34. The molecule has 0 unspecified atom stereocenters. The van der Waals surface area contributed by atoms with Crippen LogP contribution < -0.4 is 10.6 Å². The van der Waals surface area contributed by atoms with E-state index in [9.17, 15) is 18.4 Å². The first-order valence-corrected chi connectivity index (χ1v) is 20.1. The summed E-state index contributed by atoms with van der Waals surface area (Å²) in [5.41, 5.74) is 5.51. The fourth-order valence-electron chi connectivity index (χ4n) is 6.12. The lowest BCUT2D eigenvalue weighted by Crippen LogP contribution is -2.30. The lowest BCUT2D eigenvalue weighted by Gasteiger charge is -2.18. The molecule has 2 aromatic carbocycles. The number of halogens is 2. The first-order valence-electron chi connectivity index (χ1n) is 19.3. The number of carbonyl (C=O) groups is 2. The summed E-state index contributed by atoms with van der Waals surface area (Å²) in [6.45, 7) is 25.7. The van der Waals surface area contributed by atoms with Crippen LogP contribution in [0.5, 0.6) is 0 Å². The summed E-state index contributed by atoms with van der Waals surface area (Å²) < 4.78 is 32.3. The van der Waals surface area contributed by atoms with Gasteiger partial charge in [0, 0.05) is 59.4 Å². The first-order chi connectivity index (χ1) is 24.9. The smallest absolute Gasteiger partial charge is 0.271 e. The van der Waals surface area contributed by atoms with Crippen molar-refractivity contribution < 1.29 is 23.1 Å². The Morgan fingerprint density at radius 1 is 1.04 bits per heavy atom. The molecule has 2 N–H and O–H groups in total. The van der Waals surface area contributed by atoms with Gasteiger partial charge in [0.1, 0.15) is 0 Å². The van der Waals surface area contributed by atoms with Crippen molar-refractivity contribution in [1.82, 2.24) is 5.32 Å². The second kappa shape index (κ2) is 25.8. The van der Waals surface area contributed by atoms with Crippen molar-refractivity contribution in [2.45, 2.75) is 130 Å². The average molecular weight is 741 g/mol. The van der Waals surface area contributed by atoms with Crippen LogP contribution in [-0.2, 0) is 17.6 Å². The number of carbonyl (C=O) groups excluding carboxylic acids is 2. The molecule has 2 aromatic rings. The summed E-state index contributed by atoms with van der Waals surface area (Å²) in [6.07, 6.45) is 12.8. The molecule has 0 spiro atoms. The lowest BCUT2D eigenvalue weighted by atomic mass is 9.88. The Labute approximate surface area is 318 Å². The molecular formula is C44H66F2N2O3S. The molecule has 0 bridgehead atoms. The Hall–Kier alpha value is -3.07. The zero-order valence-corrected chi connectivity index (χ0v) is 34.1. The van der Waals surface area contributed by atoms with Crippen molar-refractivity contribution in [2.24, 2.45) is 5.92 Å². The summed E-state index contributed by atoms with van der Waals surface area (Å²) in [4.78, 5) is 24.5. The van der Waals surface area contributed by atoms with Gasteiger partial charge in [-0.1, -0.05) is 116 Å². The number of allylic oxidation sites excluding steroid dienone is 4. The molecule has 0 atom stereocenters. The zero-order chi connectivity index (χ0) is 39.1. The van der Waals surface area contributed by atoms with E-state index in [0.717, 1.165) is 85.0 Å². The van der Waals surface area contributed by atoms with E-state index >= 15 is 0 Å². The van der Waals surface area contributed by atoms with Gasteiger partial charge in [-0.25, -0.2) is 8.78 Å². The number of hydrogen-bond donors (Lipinski definition) is 2. The van der Waals surface area contributed by atoms with Gasteiger partial charge in [-0.05, 0) is 79.3 Å². The molecule has 8 heteroatoms. The van der Waals surface area contributed by atoms with E-state index in [1.54, 1.807) is 6.92 Å². The number of ketones is 2. The second-order valence-electron chi connectivity index (χ2n) is 13.1. The summed E-state index contributed by atoms with van der Waals surface area (Å²) >= 11 is 1.26. The molecule has 5 nitrogen and oxygen atoms in total. The van der Waals surface area contributed by atoms with Crippen molar-refractivity contribution in [3.8, 4) is 0 Å². The Balaban J connectivity index is 0.000000376. The van der Waals surface area contributed by atoms with Gasteiger partial charge in [0.25, 0.3) is 5.92 Å². The molecule has 52 heavy (non-hydrogen) atoms. The van der Waals surface area contributed by atoms with Crippen LogP contribution in [-0.4, -0.2) is 43.8 Å². The number of fused-ring (bicyclic) bond motifs is 1. The van der Waals surface area contributed by atoms with E-state index < -0.39 is 5.92 Å². The van der Waals surface area contributed by atoms with Crippen molar-refractivity contribution in [3.05, 3.63) is 94.1 Å². The van der Waals surface area contributed by atoms with Gasteiger partial charge in [-0.15, -0.1) is 0 Å². The number of thioether (sulfide) groups is 1. The van der Waals surface area contributed by atoms with Gasteiger partial charge in [-0.3, -0.25) is 9.59 Å². The number of ether oxygens (including phenoxy) is 1. The molecule has 0 aromatic heterocycles. The lowest BCUT2D eigenvalue weighted by molar-refractivity contribution is 0.0669. The van der Waals surface area contributed by atoms with Crippen molar-refractivity contribution in [3.63, 3.8) is 0 Å². The highest BCUT2D eigenvalue weighted by Crippen LogP contribution is 2.41. The van der Waals surface area contributed by atoms with Gasteiger partial charge in [0.15, 0.2) is 11.6 Å². The number of nitrogens with one attached hydrogen (secondary N) is 2. The number of hydrogen-bond acceptors (Lipinski definition) is 6. The third-order valence-electron chi connectivity index (χ3n) is 8.93. The van der Waals surface area contributed by atoms with Crippen LogP contribution in [0.2, 0.25) is 0 Å². The van der Waals surface area contributed by atoms with Gasteiger partial charge in [-0.2, -0.15) is 0 Å². The number of benzene rings is 2. The minimum atomic E-state index is -2.93. The fraction of sp³-hybridized carbons (Fsp3) is 0.545. The Bertz CT molecular complexity index is 1430. The van der Waals surface area contributed by atoms with Crippen LogP contribution in [0.3, 0.4) is 0 Å². The largest absolute Gasteiger partial charge is 0.379 e. The number of alkyl halides is 2. The highest BCUT2D eigenvalue weighted by molar-refractivity contribution is 8.03. The third-order valence-corrected chi connectivity index (χ3v) is 10.2. The minimum Gasteiger partial charge on any atom is -0.379 e. The standard InChI is InChI=1S/C17H18F2OS.C13H17NO.C8H16.C4H9NO.C2H6/c1-4-12(17(3,18)19)14(5-2)21-15-8-6-7-11-9-10-13(20)16(11)15;1-5-11-8-12(10(4)15)6-7-13(11)14-9(2)3;1-2-8-6-4-3-5-7-8;1-3-6-4-2-5-1;1-2/h4,6-8H,1,5,9-10H2,2-3H3;6-8,14H,2,5H2,1,3-4H3;8H,2-7H2,1H3;5H,1-4H2;1-2H3/b14-12-;;;;. The molecule has 1 aliphatic heterocycles. The highest BCUT2D eigenvalue weighted by Gasteiger charge is 2.29. The predicted molar refractivity (Wildman–Crippen MR) is 219 cm³/mol. The highest BCUT2D eigenvalue weighted by atomic mass is 32.2. The minimum absolute atomic E-state index is 0.0574. The molecular weight excluding hydrogens is 675 g/mol.